The van der Waals surface area contributed by atoms with Crippen LogP contribution >= 0.6 is 0 Å². The van der Waals surface area contributed by atoms with Crippen LogP contribution in [0.15, 0.2) is 6.20 Å². The Bertz CT molecular complexity index is 369. The molecule has 2 atom stereocenters. The molecule has 1 aliphatic rings. The van der Waals surface area contributed by atoms with Gasteiger partial charge in [-0.1, -0.05) is 6.92 Å². The zero-order valence-electron chi connectivity index (χ0n) is 11.8. The van der Waals surface area contributed by atoms with Crippen molar-refractivity contribution in [1.29, 1.82) is 0 Å². The normalized spacial score (nSPS) is 21.4. The topological polar surface area (TPSA) is 39.1 Å². The molecule has 0 radical (unpaired) electrons. The Morgan fingerprint density at radius 3 is 3.00 bits per heavy atom. The first kappa shape index (κ1) is 13.6. The molecule has 0 aliphatic carbocycles. The lowest BCUT2D eigenvalue weighted by atomic mass is 10.00. The fourth-order valence-electron chi connectivity index (χ4n) is 2.70. The fourth-order valence-corrected chi connectivity index (χ4v) is 2.70. The maximum Gasteiger partial charge on any atom is 0.0576 e. The largest absolute Gasteiger partial charge is 0.378 e. The highest BCUT2D eigenvalue weighted by atomic mass is 16.5. The Hall–Kier alpha value is -0.870. The predicted octanol–water partition coefficient (Wildman–Crippen LogP) is 2.34. The van der Waals surface area contributed by atoms with Gasteiger partial charge in [0.25, 0.3) is 0 Å². The van der Waals surface area contributed by atoms with Gasteiger partial charge in [-0.05, 0) is 39.2 Å². The van der Waals surface area contributed by atoms with E-state index in [9.17, 15) is 0 Å². The number of nitrogens with zero attached hydrogens (tertiary/aromatic N) is 2. The third-order valence-electron chi connectivity index (χ3n) is 3.90. The van der Waals surface area contributed by atoms with Gasteiger partial charge in [-0.25, -0.2) is 0 Å². The lowest BCUT2D eigenvalue weighted by Gasteiger charge is -2.19. The first-order chi connectivity index (χ1) is 8.72. The molecular formula is C14H25N3O. The highest BCUT2D eigenvalue weighted by Gasteiger charge is 2.20. The molecule has 0 spiro atoms. The number of aryl methyl sites for hydroxylation is 1. The van der Waals surface area contributed by atoms with E-state index in [1.165, 1.54) is 24.1 Å². The van der Waals surface area contributed by atoms with Crippen LogP contribution in [0.3, 0.4) is 0 Å². The van der Waals surface area contributed by atoms with Crippen molar-refractivity contribution in [3.8, 4) is 0 Å². The standard InChI is InChI=1S/C14H25N3O/c1-4-15-14(8-7-12-6-5-9-18-12)13-10-16-17(3)11(13)2/h10,12,14-15H,4-9H2,1-3H3. The molecule has 18 heavy (non-hydrogen) atoms. The Labute approximate surface area is 110 Å². The summed E-state index contributed by atoms with van der Waals surface area (Å²) in [6.45, 7) is 6.23. The molecule has 4 nitrogen and oxygen atoms in total. The van der Waals surface area contributed by atoms with Crippen molar-refractivity contribution in [2.45, 2.75) is 51.7 Å². The average molecular weight is 251 g/mol. The van der Waals surface area contributed by atoms with Crippen LogP contribution in [0.4, 0.5) is 0 Å². The van der Waals surface area contributed by atoms with Crippen LogP contribution < -0.4 is 5.32 Å². The van der Waals surface area contributed by atoms with Gasteiger partial charge in [0.2, 0.25) is 0 Å². The van der Waals surface area contributed by atoms with E-state index in [0.717, 1.165) is 26.0 Å². The summed E-state index contributed by atoms with van der Waals surface area (Å²) in [5.41, 5.74) is 2.59. The highest BCUT2D eigenvalue weighted by Crippen LogP contribution is 2.25. The molecule has 0 saturated carbocycles. The Balaban J connectivity index is 1.96. The highest BCUT2D eigenvalue weighted by molar-refractivity contribution is 5.20. The summed E-state index contributed by atoms with van der Waals surface area (Å²) in [5, 5.41) is 7.91. The van der Waals surface area contributed by atoms with Crippen molar-refractivity contribution in [3.05, 3.63) is 17.5 Å². The number of hydrogen-bond acceptors (Lipinski definition) is 3. The van der Waals surface area contributed by atoms with Gasteiger partial charge in [0, 0.05) is 31.0 Å². The van der Waals surface area contributed by atoms with Gasteiger partial charge >= 0.3 is 0 Å². The second-order valence-corrected chi connectivity index (χ2v) is 5.13. The molecule has 2 heterocycles. The molecule has 1 aromatic rings. The molecule has 0 bridgehead atoms. The third-order valence-corrected chi connectivity index (χ3v) is 3.90. The van der Waals surface area contributed by atoms with Crippen molar-refractivity contribution in [2.75, 3.05) is 13.2 Å². The summed E-state index contributed by atoms with van der Waals surface area (Å²) in [5.74, 6) is 0. The molecule has 1 N–H and O–H groups in total. The summed E-state index contributed by atoms with van der Waals surface area (Å²) in [4.78, 5) is 0. The number of aromatic nitrogens is 2. The summed E-state index contributed by atoms with van der Waals surface area (Å²) in [6, 6.07) is 0.410. The summed E-state index contributed by atoms with van der Waals surface area (Å²) in [7, 11) is 2.00. The van der Waals surface area contributed by atoms with Crippen molar-refractivity contribution in [2.24, 2.45) is 7.05 Å². The zero-order chi connectivity index (χ0) is 13.0. The first-order valence-corrected chi connectivity index (χ1v) is 7.05. The molecule has 1 aromatic heterocycles. The van der Waals surface area contributed by atoms with Gasteiger partial charge in [0.15, 0.2) is 0 Å². The molecule has 2 rings (SSSR count). The van der Waals surface area contributed by atoms with Crippen molar-refractivity contribution in [1.82, 2.24) is 15.1 Å². The number of hydrogen-bond donors (Lipinski definition) is 1. The van der Waals surface area contributed by atoms with E-state index in [1.54, 1.807) is 0 Å². The quantitative estimate of drug-likeness (QED) is 0.843. The van der Waals surface area contributed by atoms with Gasteiger partial charge in [-0.3, -0.25) is 4.68 Å². The van der Waals surface area contributed by atoms with Gasteiger partial charge in [-0.15, -0.1) is 0 Å². The average Bonchev–Trinajstić information content (AvgIpc) is 2.98. The zero-order valence-corrected chi connectivity index (χ0v) is 11.8. The fraction of sp³-hybridized carbons (Fsp3) is 0.786. The van der Waals surface area contributed by atoms with E-state index in [0.29, 0.717) is 12.1 Å². The number of nitrogens with one attached hydrogen (secondary N) is 1. The second kappa shape index (κ2) is 6.34. The van der Waals surface area contributed by atoms with Crippen LogP contribution in [-0.4, -0.2) is 29.0 Å². The maximum atomic E-state index is 5.70. The van der Waals surface area contributed by atoms with Crippen molar-refractivity contribution < 1.29 is 4.74 Å². The predicted molar refractivity (Wildman–Crippen MR) is 72.6 cm³/mol. The van der Waals surface area contributed by atoms with E-state index < -0.39 is 0 Å². The molecule has 1 fully saturated rings. The lowest BCUT2D eigenvalue weighted by Crippen LogP contribution is -2.23. The molecule has 102 valence electrons. The summed E-state index contributed by atoms with van der Waals surface area (Å²) in [6.07, 6.45) is 7.20. The van der Waals surface area contributed by atoms with E-state index in [1.807, 2.05) is 17.9 Å². The number of ether oxygens (including phenoxy) is 1. The Morgan fingerprint density at radius 1 is 1.61 bits per heavy atom. The first-order valence-electron chi connectivity index (χ1n) is 7.05. The molecule has 0 aromatic carbocycles. The van der Waals surface area contributed by atoms with E-state index in [-0.39, 0.29) is 0 Å². The monoisotopic (exact) mass is 251 g/mol. The van der Waals surface area contributed by atoms with Gasteiger partial charge < -0.3 is 10.1 Å². The van der Waals surface area contributed by atoms with Crippen molar-refractivity contribution >= 4 is 0 Å². The Kier molecular flexibility index (Phi) is 4.78. The van der Waals surface area contributed by atoms with Gasteiger partial charge in [0.1, 0.15) is 0 Å². The molecule has 0 amide bonds. The molecule has 2 unspecified atom stereocenters. The summed E-state index contributed by atoms with van der Waals surface area (Å²) < 4.78 is 7.65. The molecule has 1 saturated heterocycles. The van der Waals surface area contributed by atoms with E-state index in [2.05, 4.69) is 24.3 Å². The molecule has 1 aliphatic heterocycles. The lowest BCUT2D eigenvalue weighted by molar-refractivity contribution is 0.0996. The van der Waals surface area contributed by atoms with Crippen LogP contribution in [0.5, 0.6) is 0 Å². The van der Waals surface area contributed by atoms with Crippen LogP contribution in [0.25, 0.3) is 0 Å². The van der Waals surface area contributed by atoms with Gasteiger partial charge in [0.05, 0.1) is 12.3 Å². The molecule has 4 heteroatoms. The van der Waals surface area contributed by atoms with Crippen LogP contribution in [0, 0.1) is 6.92 Å². The van der Waals surface area contributed by atoms with E-state index >= 15 is 0 Å². The minimum atomic E-state index is 0.410. The van der Waals surface area contributed by atoms with Crippen LogP contribution in [0.1, 0.15) is 49.9 Å². The van der Waals surface area contributed by atoms with Gasteiger partial charge in [-0.2, -0.15) is 5.10 Å². The van der Waals surface area contributed by atoms with Crippen LogP contribution in [-0.2, 0) is 11.8 Å². The maximum absolute atomic E-state index is 5.70. The van der Waals surface area contributed by atoms with Crippen LogP contribution in [0.2, 0.25) is 0 Å². The SMILES string of the molecule is CCNC(CCC1CCCO1)c1cnn(C)c1C. The minimum Gasteiger partial charge on any atom is -0.378 e. The van der Waals surface area contributed by atoms with E-state index in [4.69, 9.17) is 4.74 Å². The second-order valence-electron chi connectivity index (χ2n) is 5.13. The smallest absolute Gasteiger partial charge is 0.0576 e. The minimum absolute atomic E-state index is 0.410. The number of rotatable bonds is 6. The third kappa shape index (κ3) is 3.12. The molecular weight excluding hydrogens is 226 g/mol. The van der Waals surface area contributed by atoms with Crippen molar-refractivity contribution in [3.63, 3.8) is 0 Å². The summed E-state index contributed by atoms with van der Waals surface area (Å²) >= 11 is 0. The Morgan fingerprint density at radius 2 is 2.44 bits per heavy atom.